The van der Waals surface area contributed by atoms with Crippen molar-refractivity contribution in [1.29, 1.82) is 0 Å². The zero-order valence-corrected chi connectivity index (χ0v) is 10.7. The van der Waals surface area contributed by atoms with Gasteiger partial charge in [0, 0.05) is 12.1 Å². The lowest BCUT2D eigenvalue weighted by molar-refractivity contribution is -0.116. The number of amides is 1. The zero-order valence-electron chi connectivity index (χ0n) is 10.7. The predicted molar refractivity (Wildman–Crippen MR) is 70.3 cm³/mol. The molecule has 0 fully saturated rings. The first-order chi connectivity index (χ1) is 9.15. The smallest absolute Gasteiger partial charge is 0.226 e. The van der Waals surface area contributed by atoms with Crippen molar-refractivity contribution in [1.82, 2.24) is 15.0 Å². The van der Waals surface area contributed by atoms with Crippen molar-refractivity contribution in [3.63, 3.8) is 0 Å². The van der Waals surface area contributed by atoms with Crippen LogP contribution in [0.25, 0.3) is 0 Å². The molecule has 1 amide bonds. The Morgan fingerprint density at radius 3 is 2.79 bits per heavy atom. The van der Waals surface area contributed by atoms with Gasteiger partial charge in [-0.15, -0.1) is 5.10 Å². The number of hydrogen-bond acceptors (Lipinski definition) is 4. The van der Waals surface area contributed by atoms with E-state index in [1.807, 2.05) is 30.3 Å². The summed E-state index contributed by atoms with van der Waals surface area (Å²) in [4.78, 5) is 11.7. The van der Waals surface area contributed by atoms with Gasteiger partial charge in [0.15, 0.2) is 0 Å². The van der Waals surface area contributed by atoms with Gasteiger partial charge in [0.05, 0.1) is 18.8 Å². The van der Waals surface area contributed by atoms with Gasteiger partial charge >= 0.3 is 0 Å². The number of anilines is 1. The molecule has 0 bridgehead atoms. The highest BCUT2D eigenvalue weighted by Crippen LogP contribution is 2.08. The molecule has 0 spiro atoms. The molecule has 0 aliphatic rings. The SMILES string of the molecule is CC(O)c1cn(CCC(=O)Nc2ccccc2)nn1. The van der Waals surface area contributed by atoms with Crippen molar-refractivity contribution in [2.45, 2.75) is 26.0 Å². The molecule has 1 heterocycles. The van der Waals surface area contributed by atoms with E-state index in [1.54, 1.807) is 17.8 Å². The Bertz CT molecular complexity index is 537. The van der Waals surface area contributed by atoms with Gasteiger partial charge in [-0.3, -0.25) is 9.48 Å². The monoisotopic (exact) mass is 260 g/mol. The van der Waals surface area contributed by atoms with Gasteiger partial charge in [0.25, 0.3) is 0 Å². The summed E-state index contributed by atoms with van der Waals surface area (Å²) in [6, 6.07) is 9.28. The number of aryl methyl sites for hydroxylation is 1. The van der Waals surface area contributed by atoms with E-state index in [1.165, 1.54) is 0 Å². The van der Waals surface area contributed by atoms with Crippen LogP contribution in [0.4, 0.5) is 5.69 Å². The third-order valence-corrected chi connectivity index (χ3v) is 2.61. The number of aliphatic hydroxyl groups is 1. The van der Waals surface area contributed by atoms with Gasteiger partial charge in [0.1, 0.15) is 5.69 Å². The predicted octanol–water partition coefficient (Wildman–Crippen LogP) is 1.36. The maximum Gasteiger partial charge on any atom is 0.226 e. The third kappa shape index (κ3) is 3.89. The molecule has 1 aromatic heterocycles. The van der Waals surface area contributed by atoms with E-state index in [0.29, 0.717) is 18.7 Å². The number of benzene rings is 1. The second-order valence-electron chi connectivity index (χ2n) is 4.25. The van der Waals surface area contributed by atoms with Crippen LogP contribution >= 0.6 is 0 Å². The van der Waals surface area contributed by atoms with E-state index in [2.05, 4.69) is 15.6 Å². The van der Waals surface area contributed by atoms with E-state index in [9.17, 15) is 9.90 Å². The van der Waals surface area contributed by atoms with Crippen molar-refractivity contribution >= 4 is 11.6 Å². The van der Waals surface area contributed by atoms with E-state index in [0.717, 1.165) is 5.69 Å². The second kappa shape index (κ2) is 6.10. The molecule has 0 radical (unpaired) electrons. The quantitative estimate of drug-likeness (QED) is 0.850. The first-order valence-corrected chi connectivity index (χ1v) is 6.08. The van der Waals surface area contributed by atoms with E-state index in [4.69, 9.17) is 0 Å². The maximum atomic E-state index is 11.7. The highest BCUT2D eigenvalue weighted by molar-refractivity contribution is 5.90. The third-order valence-electron chi connectivity index (χ3n) is 2.61. The summed E-state index contributed by atoms with van der Waals surface area (Å²) in [6.45, 7) is 2.05. The number of rotatable bonds is 5. The van der Waals surface area contributed by atoms with E-state index < -0.39 is 6.10 Å². The van der Waals surface area contributed by atoms with Crippen LogP contribution in [0.5, 0.6) is 0 Å². The summed E-state index contributed by atoms with van der Waals surface area (Å²) >= 11 is 0. The fourth-order valence-corrected chi connectivity index (χ4v) is 1.58. The first kappa shape index (κ1) is 13.2. The molecule has 2 rings (SSSR count). The fourth-order valence-electron chi connectivity index (χ4n) is 1.58. The summed E-state index contributed by atoms with van der Waals surface area (Å²) in [5, 5.41) is 19.8. The number of aromatic nitrogens is 3. The van der Waals surface area contributed by atoms with Crippen molar-refractivity contribution in [2.24, 2.45) is 0 Å². The van der Waals surface area contributed by atoms with Crippen LogP contribution in [0.2, 0.25) is 0 Å². The molecule has 0 saturated heterocycles. The molecular formula is C13H16N4O2. The molecule has 19 heavy (non-hydrogen) atoms. The Hall–Kier alpha value is -2.21. The Morgan fingerprint density at radius 1 is 1.42 bits per heavy atom. The minimum Gasteiger partial charge on any atom is -0.387 e. The summed E-state index contributed by atoms with van der Waals surface area (Å²) in [5.74, 6) is -0.0831. The number of nitrogens with one attached hydrogen (secondary N) is 1. The number of carbonyl (C=O) groups excluding carboxylic acids is 1. The molecule has 100 valence electrons. The lowest BCUT2D eigenvalue weighted by Gasteiger charge is -2.04. The number of para-hydroxylation sites is 1. The first-order valence-electron chi connectivity index (χ1n) is 6.08. The number of hydrogen-bond donors (Lipinski definition) is 2. The molecule has 1 atom stereocenters. The molecule has 1 aromatic carbocycles. The molecule has 1 unspecified atom stereocenters. The van der Waals surface area contributed by atoms with E-state index in [-0.39, 0.29) is 5.91 Å². The number of aliphatic hydroxyl groups excluding tert-OH is 1. The Balaban J connectivity index is 1.83. The van der Waals surface area contributed by atoms with Crippen LogP contribution in [0.15, 0.2) is 36.5 Å². The molecule has 2 aromatic rings. The van der Waals surface area contributed by atoms with Crippen molar-refractivity contribution in [2.75, 3.05) is 5.32 Å². The Labute approximate surface area is 111 Å². The Morgan fingerprint density at radius 2 is 2.16 bits per heavy atom. The summed E-state index contributed by atoms with van der Waals surface area (Å²) in [6.07, 6.45) is 1.30. The maximum absolute atomic E-state index is 11.7. The van der Waals surface area contributed by atoms with Crippen LogP contribution in [-0.2, 0) is 11.3 Å². The van der Waals surface area contributed by atoms with Gasteiger partial charge in [-0.1, -0.05) is 23.4 Å². The molecule has 0 saturated carbocycles. The molecule has 0 aliphatic heterocycles. The summed E-state index contributed by atoms with van der Waals surface area (Å²) in [5.41, 5.74) is 1.28. The summed E-state index contributed by atoms with van der Waals surface area (Å²) < 4.78 is 1.55. The largest absolute Gasteiger partial charge is 0.387 e. The molecule has 0 aliphatic carbocycles. The zero-order chi connectivity index (χ0) is 13.7. The minimum absolute atomic E-state index is 0.0831. The highest BCUT2D eigenvalue weighted by atomic mass is 16.3. The van der Waals surface area contributed by atoms with Crippen LogP contribution in [0, 0.1) is 0 Å². The van der Waals surface area contributed by atoms with Gasteiger partial charge in [0.2, 0.25) is 5.91 Å². The standard InChI is InChI=1S/C13H16N4O2/c1-10(18)12-9-17(16-15-12)8-7-13(19)14-11-5-3-2-4-6-11/h2-6,9-10,18H,7-8H2,1H3,(H,14,19). The van der Waals surface area contributed by atoms with Crippen LogP contribution < -0.4 is 5.32 Å². The second-order valence-corrected chi connectivity index (χ2v) is 4.25. The van der Waals surface area contributed by atoms with Crippen LogP contribution in [0.1, 0.15) is 25.1 Å². The minimum atomic E-state index is -0.646. The van der Waals surface area contributed by atoms with Gasteiger partial charge in [-0.25, -0.2) is 0 Å². The van der Waals surface area contributed by atoms with Crippen LogP contribution in [-0.4, -0.2) is 26.0 Å². The van der Waals surface area contributed by atoms with Gasteiger partial charge in [-0.2, -0.15) is 0 Å². The van der Waals surface area contributed by atoms with Crippen molar-refractivity contribution < 1.29 is 9.90 Å². The number of carbonyl (C=O) groups is 1. The molecular weight excluding hydrogens is 244 g/mol. The van der Waals surface area contributed by atoms with Crippen molar-refractivity contribution in [3.8, 4) is 0 Å². The van der Waals surface area contributed by atoms with Gasteiger partial charge in [-0.05, 0) is 19.1 Å². The average molecular weight is 260 g/mol. The number of nitrogens with zero attached hydrogens (tertiary/aromatic N) is 3. The Kier molecular flexibility index (Phi) is 4.25. The van der Waals surface area contributed by atoms with Crippen LogP contribution in [0.3, 0.4) is 0 Å². The molecule has 6 heteroatoms. The summed E-state index contributed by atoms with van der Waals surface area (Å²) in [7, 11) is 0. The lowest BCUT2D eigenvalue weighted by Crippen LogP contribution is -2.14. The lowest BCUT2D eigenvalue weighted by atomic mass is 10.3. The molecule has 6 nitrogen and oxygen atoms in total. The van der Waals surface area contributed by atoms with Crippen molar-refractivity contribution in [3.05, 3.63) is 42.2 Å². The normalized spacial score (nSPS) is 12.1. The van der Waals surface area contributed by atoms with Gasteiger partial charge < -0.3 is 10.4 Å². The average Bonchev–Trinajstić information content (AvgIpc) is 2.86. The topological polar surface area (TPSA) is 80.0 Å². The van der Waals surface area contributed by atoms with E-state index >= 15 is 0 Å². The molecule has 2 N–H and O–H groups in total. The fraction of sp³-hybridized carbons (Fsp3) is 0.308. The highest BCUT2D eigenvalue weighted by Gasteiger charge is 2.07.